The summed E-state index contributed by atoms with van der Waals surface area (Å²) in [5, 5.41) is 5.41. The first kappa shape index (κ1) is 11.9. The van der Waals surface area contributed by atoms with E-state index >= 15 is 0 Å². The summed E-state index contributed by atoms with van der Waals surface area (Å²) < 4.78 is 0. The molecule has 0 atom stereocenters. The summed E-state index contributed by atoms with van der Waals surface area (Å²) in [6.45, 7) is 0.893. The number of hydrogen-bond acceptors (Lipinski definition) is 5. The van der Waals surface area contributed by atoms with E-state index < -0.39 is 0 Å². The van der Waals surface area contributed by atoms with E-state index in [1.54, 1.807) is 17.5 Å². The second kappa shape index (κ2) is 5.63. The van der Waals surface area contributed by atoms with Crippen LogP contribution in [0.4, 0.5) is 11.8 Å². The summed E-state index contributed by atoms with van der Waals surface area (Å²) in [5.41, 5.74) is 0. The Morgan fingerprint density at radius 1 is 1.35 bits per heavy atom. The lowest BCUT2D eigenvalue weighted by atomic mass is 10.3. The zero-order valence-corrected chi connectivity index (χ0v) is 10.9. The minimum atomic E-state index is 0.728. The van der Waals surface area contributed by atoms with Gasteiger partial charge in [0.1, 0.15) is 5.82 Å². The normalized spacial score (nSPS) is 10.2. The van der Waals surface area contributed by atoms with Gasteiger partial charge in [0.25, 0.3) is 0 Å². The SMILES string of the molecule is CN(C)c1nccc(NCCc2cccs2)n1. The number of anilines is 2. The van der Waals surface area contributed by atoms with Gasteiger partial charge in [-0.05, 0) is 23.9 Å². The molecule has 0 spiro atoms. The molecule has 0 saturated carbocycles. The summed E-state index contributed by atoms with van der Waals surface area (Å²) in [5.74, 6) is 1.60. The third-order valence-electron chi connectivity index (χ3n) is 2.30. The monoisotopic (exact) mass is 248 g/mol. The van der Waals surface area contributed by atoms with Gasteiger partial charge in [-0.2, -0.15) is 4.98 Å². The molecule has 4 nitrogen and oxygen atoms in total. The molecule has 0 unspecified atom stereocenters. The fourth-order valence-corrected chi connectivity index (χ4v) is 2.14. The average molecular weight is 248 g/mol. The molecule has 0 aliphatic rings. The van der Waals surface area contributed by atoms with Gasteiger partial charge in [0.05, 0.1) is 0 Å². The molecule has 17 heavy (non-hydrogen) atoms. The summed E-state index contributed by atoms with van der Waals surface area (Å²) >= 11 is 1.79. The molecular weight excluding hydrogens is 232 g/mol. The number of hydrogen-bond donors (Lipinski definition) is 1. The zero-order chi connectivity index (χ0) is 12.1. The lowest BCUT2D eigenvalue weighted by Crippen LogP contribution is -2.14. The van der Waals surface area contributed by atoms with Crippen molar-refractivity contribution in [3.8, 4) is 0 Å². The van der Waals surface area contributed by atoms with Crippen LogP contribution in [0.5, 0.6) is 0 Å². The van der Waals surface area contributed by atoms with E-state index in [1.165, 1.54) is 4.88 Å². The van der Waals surface area contributed by atoms with Gasteiger partial charge >= 0.3 is 0 Å². The molecule has 0 aliphatic heterocycles. The van der Waals surface area contributed by atoms with E-state index in [9.17, 15) is 0 Å². The Bertz CT molecular complexity index is 453. The Hall–Kier alpha value is -1.62. The molecule has 0 saturated heterocycles. The molecule has 5 heteroatoms. The number of thiophene rings is 1. The number of rotatable bonds is 5. The predicted molar refractivity (Wildman–Crippen MR) is 72.9 cm³/mol. The molecule has 2 aromatic heterocycles. The van der Waals surface area contributed by atoms with Crippen molar-refractivity contribution in [1.82, 2.24) is 9.97 Å². The van der Waals surface area contributed by atoms with Crippen molar-refractivity contribution in [2.45, 2.75) is 6.42 Å². The van der Waals surface area contributed by atoms with E-state index in [0.29, 0.717) is 0 Å². The van der Waals surface area contributed by atoms with Gasteiger partial charge in [0.2, 0.25) is 5.95 Å². The van der Waals surface area contributed by atoms with E-state index in [4.69, 9.17) is 0 Å². The zero-order valence-electron chi connectivity index (χ0n) is 10.1. The fourth-order valence-electron chi connectivity index (χ4n) is 1.43. The summed E-state index contributed by atoms with van der Waals surface area (Å²) in [6, 6.07) is 6.12. The van der Waals surface area contributed by atoms with Crippen LogP contribution in [0, 0.1) is 0 Å². The molecule has 0 aliphatic carbocycles. The third-order valence-corrected chi connectivity index (χ3v) is 3.24. The minimum Gasteiger partial charge on any atom is -0.370 e. The highest BCUT2D eigenvalue weighted by Crippen LogP contribution is 2.11. The van der Waals surface area contributed by atoms with Crippen LogP contribution < -0.4 is 10.2 Å². The molecule has 0 amide bonds. The highest BCUT2D eigenvalue weighted by molar-refractivity contribution is 7.09. The Balaban J connectivity index is 1.88. The number of nitrogens with one attached hydrogen (secondary N) is 1. The van der Waals surface area contributed by atoms with Gasteiger partial charge in [-0.1, -0.05) is 6.07 Å². The van der Waals surface area contributed by atoms with E-state index in [1.807, 2.05) is 25.1 Å². The summed E-state index contributed by atoms with van der Waals surface area (Å²) in [4.78, 5) is 11.9. The van der Waals surface area contributed by atoms with Gasteiger partial charge in [0.15, 0.2) is 0 Å². The Labute approximate surface area is 105 Å². The molecule has 2 rings (SSSR count). The Kier molecular flexibility index (Phi) is 3.93. The quantitative estimate of drug-likeness (QED) is 0.881. The van der Waals surface area contributed by atoms with Crippen molar-refractivity contribution in [3.63, 3.8) is 0 Å². The molecule has 2 heterocycles. The van der Waals surface area contributed by atoms with Crippen LogP contribution in [0.15, 0.2) is 29.8 Å². The maximum atomic E-state index is 4.40. The van der Waals surface area contributed by atoms with E-state index in [2.05, 4.69) is 32.8 Å². The first-order valence-electron chi connectivity index (χ1n) is 5.52. The molecule has 0 aromatic carbocycles. The van der Waals surface area contributed by atoms with Gasteiger partial charge in [-0.3, -0.25) is 0 Å². The van der Waals surface area contributed by atoms with Crippen molar-refractivity contribution < 1.29 is 0 Å². The lowest BCUT2D eigenvalue weighted by Gasteiger charge is -2.11. The lowest BCUT2D eigenvalue weighted by molar-refractivity contribution is 0.976. The molecule has 0 fully saturated rings. The van der Waals surface area contributed by atoms with Crippen LogP contribution in [0.3, 0.4) is 0 Å². The summed E-state index contributed by atoms with van der Waals surface area (Å²) in [7, 11) is 3.87. The third kappa shape index (κ3) is 3.42. The molecule has 2 aromatic rings. The van der Waals surface area contributed by atoms with Crippen LogP contribution >= 0.6 is 11.3 Å². The predicted octanol–water partition coefficient (Wildman–Crippen LogP) is 2.26. The number of aromatic nitrogens is 2. The van der Waals surface area contributed by atoms with Crippen molar-refractivity contribution in [2.24, 2.45) is 0 Å². The first-order valence-corrected chi connectivity index (χ1v) is 6.40. The Morgan fingerprint density at radius 3 is 2.94 bits per heavy atom. The highest BCUT2D eigenvalue weighted by Gasteiger charge is 2.00. The van der Waals surface area contributed by atoms with Crippen molar-refractivity contribution in [3.05, 3.63) is 34.7 Å². The van der Waals surface area contributed by atoms with Gasteiger partial charge in [-0.15, -0.1) is 11.3 Å². The van der Waals surface area contributed by atoms with Gasteiger partial charge in [0, 0.05) is 31.7 Å². The first-order chi connectivity index (χ1) is 8.25. The van der Waals surface area contributed by atoms with Crippen LogP contribution in [0.1, 0.15) is 4.88 Å². The van der Waals surface area contributed by atoms with Crippen molar-refractivity contribution in [1.29, 1.82) is 0 Å². The maximum Gasteiger partial charge on any atom is 0.226 e. The van der Waals surface area contributed by atoms with E-state index in [0.717, 1.165) is 24.7 Å². The molecule has 1 N–H and O–H groups in total. The molecular formula is C12H16N4S. The van der Waals surface area contributed by atoms with Crippen LogP contribution in [-0.4, -0.2) is 30.6 Å². The van der Waals surface area contributed by atoms with Gasteiger partial charge < -0.3 is 10.2 Å². The van der Waals surface area contributed by atoms with Gasteiger partial charge in [-0.25, -0.2) is 4.98 Å². The average Bonchev–Trinajstić information content (AvgIpc) is 2.82. The second-order valence-electron chi connectivity index (χ2n) is 3.89. The largest absolute Gasteiger partial charge is 0.370 e. The van der Waals surface area contributed by atoms with Crippen LogP contribution in [-0.2, 0) is 6.42 Å². The molecule has 90 valence electrons. The second-order valence-corrected chi connectivity index (χ2v) is 4.92. The smallest absolute Gasteiger partial charge is 0.226 e. The molecule has 0 bridgehead atoms. The summed E-state index contributed by atoms with van der Waals surface area (Å²) in [6.07, 6.45) is 2.80. The van der Waals surface area contributed by atoms with Crippen LogP contribution in [0.25, 0.3) is 0 Å². The van der Waals surface area contributed by atoms with Crippen molar-refractivity contribution >= 4 is 23.1 Å². The Morgan fingerprint density at radius 2 is 2.24 bits per heavy atom. The molecule has 0 radical (unpaired) electrons. The standard InChI is InChI=1S/C12H16N4S/c1-16(2)12-14-8-6-11(15-12)13-7-5-10-4-3-9-17-10/h3-4,6,8-9H,5,7H2,1-2H3,(H,13,14,15). The topological polar surface area (TPSA) is 41.1 Å². The number of nitrogens with zero attached hydrogens (tertiary/aromatic N) is 3. The minimum absolute atomic E-state index is 0.728. The maximum absolute atomic E-state index is 4.40. The van der Waals surface area contributed by atoms with E-state index in [-0.39, 0.29) is 0 Å². The fraction of sp³-hybridized carbons (Fsp3) is 0.333. The van der Waals surface area contributed by atoms with Crippen LogP contribution in [0.2, 0.25) is 0 Å². The van der Waals surface area contributed by atoms with Crippen molar-refractivity contribution in [2.75, 3.05) is 30.9 Å². The highest BCUT2D eigenvalue weighted by atomic mass is 32.1.